The second-order valence-corrected chi connectivity index (χ2v) is 5.32. The van der Waals surface area contributed by atoms with Crippen molar-refractivity contribution in [2.24, 2.45) is 5.92 Å². The van der Waals surface area contributed by atoms with Crippen LogP contribution >= 0.6 is 0 Å². The quantitative estimate of drug-likeness (QED) is 0.820. The van der Waals surface area contributed by atoms with Crippen LogP contribution in [0.3, 0.4) is 0 Å². The van der Waals surface area contributed by atoms with Gasteiger partial charge in [0.05, 0.1) is 6.07 Å². The van der Waals surface area contributed by atoms with Crippen LogP contribution in [0.5, 0.6) is 0 Å². The summed E-state index contributed by atoms with van der Waals surface area (Å²) in [6.45, 7) is 2.08. The summed E-state index contributed by atoms with van der Waals surface area (Å²) in [4.78, 5) is 26.0. The smallest absolute Gasteiger partial charge is 0.249 e. The number of rotatable bonds is 2. The minimum absolute atomic E-state index is 0.324. The summed E-state index contributed by atoms with van der Waals surface area (Å²) >= 11 is 0. The molecule has 0 aliphatic carbocycles. The molecule has 2 aliphatic rings. The van der Waals surface area contributed by atoms with E-state index in [9.17, 15) is 9.59 Å². The zero-order chi connectivity index (χ0) is 14.8. The molecule has 1 aromatic carbocycles. The first kappa shape index (κ1) is 13.5. The molecular formula is C16H15N3O2. The number of carbonyl (C=O) groups excluding carboxylic acids is 2. The Morgan fingerprint density at radius 3 is 2.76 bits per heavy atom. The van der Waals surface area contributed by atoms with Crippen molar-refractivity contribution in [2.45, 2.75) is 13.0 Å². The topological polar surface area (TPSA) is 73.2 Å². The highest BCUT2D eigenvalue weighted by Gasteiger charge is 2.38. The molecule has 5 heteroatoms. The maximum atomic E-state index is 12.1. The predicted molar refractivity (Wildman–Crippen MR) is 75.6 cm³/mol. The molecule has 0 spiro atoms. The van der Waals surface area contributed by atoms with E-state index in [1.165, 1.54) is 5.56 Å². The fourth-order valence-electron chi connectivity index (χ4n) is 2.81. The summed E-state index contributed by atoms with van der Waals surface area (Å²) in [7, 11) is 0. The van der Waals surface area contributed by atoms with Gasteiger partial charge in [0, 0.05) is 30.9 Å². The van der Waals surface area contributed by atoms with Crippen LogP contribution in [-0.4, -0.2) is 29.7 Å². The van der Waals surface area contributed by atoms with E-state index in [0.717, 1.165) is 13.1 Å². The van der Waals surface area contributed by atoms with Crippen LogP contribution in [0.2, 0.25) is 0 Å². The highest BCUT2D eigenvalue weighted by Crippen LogP contribution is 2.25. The summed E-state index contributed by atoms with van der Waals surface area (Å²) in [5, 5.41) is 11.6. The fourth-order valence-corrected chi connectivity index (χ4v) is 2.81. The first-order chi connectivity index (χ1) is 10.2. The predicted octanol–water partition coefficient (Wildman–Crippen LogP) is 0.985. The van der Waals surface area contributed by atoms with E-state index in [1.807, 2.05) is 18.2 Å². The lowest BCUT2D eigenvalue weighted by Gasteiger charge is -2.33. The highest BCUT2D eigenvalue weighted by atomic mass is 16.2. The average Bonchev–Trinajstić information content (AvgIpc) is 2.48. The average molecular weight is 281 g/mol. The van der Waals surface area contributed by atoms with Gasteiger partial charge in [-0.05, 0) is 12.0 Å². The van der Waals surface area contributed by atoms with Crippen molar-refractivity contribution < 1.29 is 9.59 Å². The molecule has 0 aromatic heterocycles. The molecule has 1 aromatic rings. The Balaban J connectivity index is 1.76. The highest BCUT2D eigenvalue weighted by molar-refractivity contribution is 6.15. The second-order valence-electron chi connectivity index (χ2n) is 5.32. The Kier molecular flexibility index (Phi) is 3.55. The monoisotopic (exact) mass is 281 g/mol. The van der Waals surface area contributed by atoms with Gasteiger partial charge in [0.25, 0.3) is 0 Å². The van der Waals surface area contributed by atoms with Gasteiger partial charge >= 0.3 is 0 Å². The van der Waals surface area contributed by atoms with Gasteiger partial charge in [-0.15, -0.1) is 0 Å². The van der Waals surface area contributed by atoms with Gasteiger partial charge in [0.2, 0.25) is 5.91 Å². The molecule has 0 saturated carbocycles. The number of Topliss-reactive ketones (excluding diaryl/α,β-unsaturated/α-hetero) is 1. The van der Waals surface area contributed by atoms with Crippen LogP contribution < -0.4 is 5.32 Å². The fraction of sp³-hybridized carbons (Fsp3) is 0.312. The third-order valence-electron chi connectivity index (χ3n) is 3.90. The summed E-state index contributed by atoms with van der Waals surface area (Å²) in [6.07, 6.45) is 0.583. The Morgan fingerprint density at radius 1 is 1.29 bits per heavy atom. The van der Waals surface area contributed by atoms with Gasteiger partial charge in [-0.1, -0.05) is 30.3 Å². The molecular weight excluding hydrogens is 266 g/mol. The number of benzene rings is 1. The summed E-state index contributed by atoms with van der Waals surface area (Å²) in [6, 6.07) is 11.9. The zero-order valence-corrected chi connectivity index (χ0v) is 11.5. The van der Waals surface area contributed by atoms with Crippen molar-refractivity contribution >= 4 is 11.7 Å². The van der Waals surface area contributed by atoms with Crippen LogP contribution in [0.15, 0.2) is 41.6 Å². The Labute approximate surface area is 122 Å². The largest absolute Gasteiger partial charge is 0.327 e. The van der Waals surface area contributed by atoms with Crippen molar-refractivity contribution in [3.8, 4) is 6.07 Å². The normalized spacial score (nSPS) is 22.5. The summed E-state index contributed by atoms with van der Waals surface area (Å²) in [5.41, 5.74) is 2.48. The number of hydrogen-bond donors (Lipinski definition) is 1. The molecule has 0 radical (unpaired) electrons. The number of carbonyl (C=O) groups is 2. The van der Waals surface area contributed by atoms with Crippen LogP contribution in [0.4, 0.5) is 0 Å². The van der Waals surface area contributed by atoms with Crippen LogP contribution in [-0.2, 0) is 16.1 Å². The van der Waals surface area contributed by atoms with E-state index < -0.39 is 11.8 Å². The first-order valence-corrected chi connectivity index (χ1v) is 6.92. The maximum Gasteiger partial charge on any atom is 0.249 e. The van der Waals surface area contributed by atoms with Crippen molar-refractivity contribution in [1.29, 1.82) is 5.26 Å². The maximum absolute atomic E-state index is 12.1. The number of hydrogen-bond acceptors (Lipinski definition) is 4. The van der Waals surface area contributed by atoms with E-state index in [0.29, 0.717) is 24.2 Å². The number of nitrogens with zero attached hydrogens (tertiary/aromatic N) is 2. The van der Waals surface area contributed by atoms with Crippen molar-refractivity contribution in [3.63, 3.8) is 0 Å². The van der Waals surface area contributed by atoms with Gasteiger partial charge < -0.3 is 5.32 Å². The third-order valence-corrected chi connectivity index (χ3v) is 3.90. The number of amides is 1. The first-order valence-electron chi connectivity index (χ1n) is 6.92. The molecule has 0 saturated heterocycles. The van der Waals surface area contributed by atoms with E-state index in [1.54, 1.807) is 6.07 Å². The molecule has 1 atom stereocenters. The standard InChI is InChI=1S/C16H15N3O2/c17-8-13-15(20)12-6-7-19(10-14(12)18-16(13)21)9-11-4-2-1-3-5-11/h1-5,13H,6-7,9-10H2,(H,18,21). The van der Waals surface area contributed by atoms with Crippen LogP contribution in [0, 0.1) is 17.2 Å². The molecule has 1 N–H and O–H groups in total. The van der Waals surface area contributed by atoms with Gasteiger partial charge in [0.1, 0.15) is 0 Å². The van der Waals surface area contributed by atoms with E-state index in [2.05, 4.69) is 22.3 Å². The molecule has 3 rings (SSSR count). The second kappa shape index (κ2) is 5.51. The Hall–Kier alpha value is -2.45. The van der Waals surface area contributed by atoms with Crippen molar-refractivity contribution in [1.82, 2.24) is 10.2 Å². The minimum atomic E-state index is -1.18. The van der Waals surface area contributed by atoms with E-state index in [4.69, 9.17) is 5.26 Å². The van der Waals surface area contributed by atoms with Crippen LogP contribution in [0.1, 0.15) is 12.0 Å². The van der Waals surface area contributed by atoms with Crippen molar-refractivity contribution in [3.05, 3.63) is 47.2 Å². The Bertz CT molecular complexity index is 658. The van der Waals surface area contributed by atoms with Gasteiger partial charge in [-0.3, -0.25) is 14.5 Å². The third kappa shape index (κ3) is 2.58. The molecule has 1 unspecified atom stereocenters. The number of ketones is 1. The van der Waals surface area contributed by atoms with Crippen LogP contribution in [0.25, 0.3) is 0 Å². The molecule has 106 valence electrons. The van der Waals surface area contributed by atoms with Gasteiger partial charge in [0.15, 0.2) is 11.7 Å². The number of nitrogens with one attached hydrogen (secondary N) is 1. The molecule has 0 bridgehead atoms. The summed E-state index contributed by atoms with van der Waals surface area (Å²) < 4.78 is 0. The van der Waals surface area contributed by atoms with E-state index >= 15 is 0 Å². The molecule has 0 fully saturated rings. The zero-order valence-electron chi connectivity index (χ0n) is 11.5. The lowest BCUT2D eigenvalue weighted by molar-refractivity contribution is -0.131. The molecule has 21 heavy (non-hydrogen) atoms. The lowest BCUT2D eigenvalue weighted by Crippen LogP contribution is -2.47. The van der Waals surface area contributed by atoms with Crippen molar-refractivity contribution in [2.75, 3.05) is 13.1 Å². The number of nitriles is 1. The molecule has 2 heterocycles. The molecule has 2 aliphatic heterocycles. The minimum Gasteiger partial charge on any atom is -0.327 e. The molecule has 1 amide bonds. The lowest BCUT2D eigenvalue weighted by atomic mass is 9.88. The van der Waals surface area contributed by atoms with Gasteiger partial charge in [-0.25, -0.2) is 0 Å². The SMILES string of the molecule is N#CC1C(=O)NC2=C(CCN(Cc3ccccc3)C2)C1=O. The Morgan fingerprint density at radius 2 is 2.05 bits per heavy atom. The summed E-state index contributed by atoms with van der Waals surface area (Å²) in [5.74, 6) is -2.00. The van der Waals surface area contributed by atoms with E-state index in [-0.39, 0.29) is 5.78 Å². The molecule has 5 nitrogen and oxygen atoms in total. The van der Waals surface area contributed by atoms with Gasteiger partial charge in [-0.2, -0.15) is 5.26 Å².